The quantitative estimate of drug-likeness (QED) is 0.877. The van der Waals surface area contributed by atoms with E-state index in [1.807, 2.05) is 0 Å². The van der Waals surface area contributed by atoms with Crippen LogP contribution in [0.1, 0.15) is 5.56 Å². The summed E-state index contributed by atoms with van der Waals surface area (Å²) in [7, 11) is 4.30. The second-order valence-electron chi connectivity index (χ2n) is 3.19. The summed E-state index contributed by atoms with van der Waals surface area (Å²) in [6.45, 7) is 0. The Labute approximate surface area is 104 Å². The van der Waals surface area contributed by atoms with Crippen LogP contribution < -0.4 is 14.2 Å². The molecule has 0 heterocycles. The fourth-order valence-electron chi connectivity index (χ4n) is 1.54. The van der Waals surface area contributed by atoms with Gasteiger partial charge in [0, 0.05) is 5.56 Å². The molecule has 0 aliphatic carbocycles. The van der Waals surface area contributed by atoms with E-state index in [0.29, 0.717) is 22.8 Å². The van der Waals surface area contributed by atoms with Crippen molar-refractivity contribution in [2.45, 2.75) is 6.42 Å². The minimum absolute atomic E-state index is 0.205. The second-order valence-corrected chi connectivity index (χ2v) is 3.59. The number of carboxylic acid groups (broad SMARTS) is 1. The lowest BCUT2D eigenvalue weighted by atomic mass is 10.1. The van der Waals surface area contributed by atoms with E-state index in [-0.39, 0.29) is 11.4 Å². The summed E-state index contributed by atoms with van der Waals surface area (Å²) < 4.78 is 15.4. The van der Waals surface area contributed by atoms with Gasteiger partial charge in [0.1, 0.15) is 0 Å². The maximum Gasteiger partial charge on any atom is 0.307 e. The monoisotopic (exact) mass is 260 g/mol. The molecule has 0 fully saturated rings. The molecule has 1 aromatic carbocycles. The third-order valence-corrected chi connectivity index (χ3v) is 2.46. The first-order valence-corrected chi connectivity index (χ1v) is 5.12. The maximum atomic E-state index is 10.7. The molecule has 0 aliphatic rings. The van der Waals surface area contributed by atoms with Gasteiger partial charge in [-0.2, -0.15) is 0 Å². The van der Waals surface area contributed by atoms with E-state index in [0.717, 1.165) is 0 Å². The molecular weight excluding hydrogens is 248 g/mol. The third-order valence-electron chi connectivity index (χ3n) is 2.18. The summed E-state index contributed by atoms with van der Waals surface area (Å²) in [6, 6.07) is 1.50. The average Bonchev–Trinajstić information content (AvgIpc) is 2.27. The van der Waals surface area contributed by atoms with Crippen molar-refractivity contribution in [3.63, 3.8) is 0 Å². The molecule has 1 aromatic rings. The zero-order valence-electron chi connectivity index (χ0n) is 9.74. The summed E-state index contributed by atoms with van der Waals surface area (Å²) >= 11 is 5.97. The fraction of sp³-hybridized carbons (Fsp3) is 0.364. The molecule has 6 heteroatoms. The van der Waals surface area contributed by atoms with Crippen LogP contribution in [-0.2, 0) is 11.2 Å². The third kappa shape index (κ3) is 2.74. The van der Waals surface area contributed by atoms with Gasteiger partial charge < -0.3 is 19.3 Å². The summed E-state index contributed by atoms with van der Waals surface area (Å²) in [5.41, 5.74) is 0.433. The molecule has 0 amide bonds. The smallest absolute Gasteiger partial charge is 0.307 e. The Kier molecular flexibility index (Phi) is 4.45. The summed E-state index contributed by atoms with van der Waals surface area (Å²) in [4.78, 5) is 10.7. The van der Waals surface area contributed by atoms with Gasteiger partial charge in [-0.25, -0.2) is 0 Å². The lowest BCUT2D eigenvalue weighted by Gasteiger charge is -2.16. The molecule has 0 spiro atoms. The van der Waals surface area contributed by atoms with Crippen LogP contribution in [-0.4, -0.2) is 32.4 Å². The maximum absolute atomic E-state index is 10.7. The number of rotatable bonds is 5. The first kappa shape index (κ1) is 13.4. The van der Waals surface area contributed by atoms with Crippen molar-refractivity contribution in [2.75, 3.05) is 21.3 Å². The SMILES string of the molecule is COc1c(Cl)cc(CC(=O)O)c(OC)c1OC. The molecule has 17 heavy (non-hydrogen) atoms. The minimum atomic E-state index is -0.980. The number of ether oxygens (including phenoxy) is 3. The van der Waals surface area contributed by atoms with Gasteiger partial charge in [0.15, 0.2) is 11.5 Å². The molecule has 5 nitrogen and oxygen atoms in total. The van der Waals surface area contributed by atoms with Crippen molar-refractivity contribution in [2.24, 2.45) is 0 Å². The van der Waals surface area contributed by atoms with Crippen molar-refractivity contribution in [3.8, 4) is 17.2 Å². The normalized spacial score (nSPS) is 9.88. The largest absolute Gasteiger partial charge is 0.492 e. The number of carbonyl (C=O) groups is 1. The van der Waals surface area contributed by atoms with Crippen molar-refractivity contribution >= 4 is 17.6 Å². The van der Waals surface area contributed by atoms with Crippen molar-refractivity contribution in [1.29, 1.82) is 0 Å². The predicted molar refractivity (Wildman–Crippen MR) is 62.4 cm³/mol. The minimum Gasteiger partial charge on any atom is -0.492 e. The average molecular weight is 261 g/mol. The van der Waals surface area contributed by atoms with Gasteiger partial charge >= 0.3 is 5.97 Å². The first-order chi connectivity index (χ1) is 8.04. The highest BCUT2D eigenvalue weighted by Crippen LogP contribution is 2.44. The zero-order chi connectivity index (χ0) is 13.0. The van der Waals surface area contributed by atoms with E-state index in [9.17, 15) is 4.79 Å². The van der Waals surface area contributed by atoms with Crippen LogP contribution in [0, 0.1) is 0 Å². The Bertz CT molecular complexity index is 430. The number of hydrogen-bond acceptors (Lipinski definition) is 4. The number of benzene rings is 1. The molecule has 94 valence electrons. The molecule has 0 bridgehead atoms. The molecule has 0 aromatic heterocycles. The number of carboxylic acids is 1. The Morgan fingerprint density at radius 1 is 1.18 bits per heavy atom. The van der Waals surface area contributed by atoms with Crippen molar-refractivity contribution < 1.29 is 24.1 Å². The highest BCUT2D eigenvalue weighted by molar-refractivity contribution is 6.32. The van der Waals surface area contributed by atoms with Crippen LogP contribution in [0.15, 0.2) is 6.07 Å². The Balaban J connectivity index is 3.41. The number of aliphatic carboxylic acids is 1. The molecule has 0 saturated carbocycles. The lowest BCUT2D eigenvalue weighted by molar-refractivity contribution is -0.136. The number of methoxy groups -OCH3 is 3. The van der Waals surface area contributed by atoms with Crippen LogP contribution in [0.4, 0.5) is 0 Å². The molecule has 0 aliphatic heterocycles. The topological polar surface area (TPSA) is 65.0 Å². The van der Waals surface area contributed by atoms with Crippen LogP contribution in [0.5, 0.6) is 17.2 Å². The standard InChI is InChI=1S/C11H13ClO5/c1-15-9-6(5-8(13)14)4-7(12)10(16-2)11(9)17-3/h4H,5H2,1-3H3,(H,13,14). The van der Waals surface area contributed by atoms with E-state index in [1.54, 1.807) is 0 Å². The van der Waals surface area contributed by atoms with Gasteiger partial charge in [0.2, 0.25) is 5.75 Å². The van der Waals surface area contributed by atoms with Gasteiger partial charge in [-0.05, 0) is 6.07 Å². The van der Waals surface area contributed by atoms with Gasteiger partial charge in [0.05, 0.1) is 32.8 Å². The highest BCUT2D eigenvalue weighted by atomic mass is 35.5. The van der Waals surface area contributed by atoms with Crippen molar-refractivity contribution in [1.82, 2.24) is 0 Å². The van der Waals surface area contributed by atoms with Crippen LogP contribution in [0.2, 0.25) is 5.02 Å². The lowest BCUT2D eigenvalue weighted by Crippen LogP contribution is -2.05. The Hall–Kier alpha value is -1.62. The Morgan fingerprint density at radius 2 is 1.71 bits per heavy atom. The molecular formula is C11H13ClO5. The second kappa shape index (κ2) is 5.63. The molecule has 0 saturated heterocycles. The summed E-state index contributed by atoms with van der Waals surface area (Å²) in [5.74, 6) is -0.0540. The predicted octanol–water partition coefficient (Wildman–Crippen LogP) is 1.99. The van der Waals surface area contributed by atoms with E-state index in [2.05, 4.69) is 0 Å². The zero-order valence-corrected chi connectivity index (χ0v) is 10.5. The van der Waals surface area contributed by atoms with Crippen molar-refractivity contribution in [3.05, 3.63) is 16.7 Å². The van der Waals surface area contributed by atoms with E-state index >= 15 is 0 Å². The number of hydrogen-bond donors (Lipinski definition) is 1. The van der Waals surface area contributed by atoms with E-state index in [1.165, 1.54) is 27.4 Å². The highest BCUT2D eigenvalue weighted by Gasteiger charge is 2.20. The van der Waals surface area contributed by atoms with Gasteiger partial charge in [-0.1, -0.05) is 11.6 Å². The van der Waals surface area contributed by atoms with Gasteiger partial charge in [-0.3, -0.25) is 4.79 Å². The van der Waals surface area contributed by atoms with E-state index < -0.39 is 5.97 Å². The fourth-order valence-corrected chi connectivity index (χ4v) is 1.83. The molecule has 1 N–H and O–H groups in total. The van der Waals surface area contributed by atoms with Crippen LogP contribution in [0.25, 0.3) is 0 Å². The molecule has 0 atom stereocenters. The van der Waals surface area contributed by atoms with E-state index in [4.69, 9.17) is 30.9 Å². The Morgan fingerprint density at radius 3 is 2.12 bits per heavy atom. The molecule has 1 rings (SSSR count). The van der Waals surface area contributed by atoms with Gasteiger partial charge in [0.25, 0.3) is 0 Å². The summed E-state index contributed by atoms with van der Waals surface area (Å²) in [5, 5.41) is 9.08. The van der Waals surface area contributed by atoms with Crippen LogP contribution in [0.3, 0.4) is 0 Å². The molecule has 0 unspecified atom stereocenters. The van der Waals surface area contributed by atoms with Crippen LogP contribution >= 0.6 is 11.6 Å². The first-order valence-electron chi connectivity index (χ1n) is 4.74. The summed E-state index contributed by atoms with van der Waals surface area (Å²) in [6.07, 6.45) is -0.205. The molecule has 0 radical (unpaired) electrons. The van der Waals surface area contributed by atoms with Gasteiger partial charge in [-0.15, -0.1) is 0 Å². The number of halogens is 1.